The summed E-state index contributed by atoms with van der Waals surface area (Å²) in [5, 5.41) is 15.1. The smallest absolute Gasteiger partial charge is 0.0897 e. The largest absolute Gasteiger partial charge is 0.389 e. The summed E-state index contributed by atoms with van der Waals surface area (Å²) in [4.78, 5) is 2.53. The number of hydrogen-bond acceptors (Lipinski definition) is 5. The molecule has 0 saturated carbocycles. The summed E-state index contributed by atoms with van der Waals surface area (Å²) in [5.41, 5.74) is 0. The maximum atomic E-state index is 9.79. The standard InChI is InChI=1S/C14H18BrNO2S2/c15-14-4-3-12(20-14)5-6-16-8-11(17)9-18-10-13-2-1-7-19-13/h1-4,7,11,16-17H,5-6,8-10H2. The third kappa shape index (κ3) is 6.03. The minimum atomic E-state index is -0.454. The highest BCUT2D eigenvalue weighted by molar-refractivity contribution is 9.11. The van der Waals surface area contributed by atoms with Crippen LogP contribution in [0, 0.1) is 0 Å². The van der Waals surface area contributed by atoms with Crippen molar-refractivity contribution in [3.8, 4) is 0 Å². The van der Waals surface area contributed by atoms with Crippen LogP contribution in [0.2, 0.25) is 0 Å². The highest BCUT2D eigenvalue weighted by atomic mass is 79.9. The zero-order valence-corrected chi connectivity index (χ0v) is 14.3. The molecule has 6 heteroatoms. The second-order valence-corrected chi connectivity index (χ2v) is 7.99. The van der Waals surface area contributed by atoms with Gasteiger partial charge in [-0.1, -0.05) is 6.07 Å². The molecule has 0 radical (unpaired) electrons. The Morgan fingerprint density at radius 2 is 2.20 bits per heavy atom. The first kappa shape index (κ1) is 16.1. The van der Waals surface area contributed by atoms with E-state index in [0.717, 1.165) is 16.8 Å². The monoisotopic (exact) mass is 375 g/mol. The summed E-state index contributed by atoms with van der Waals surface area (Å²) >= 11 is 6.87. The molecular formula is C14H18BrNO2S2. The SMILES string of the molecule is OC(CNCCc1ccc(Br)s1)COCc1cccs1. The van der Waals surface area contributed by atoms with Crippen LogP contribution in [-0.4, -0.2) is 30.9 Å². The Hall–Kier alpha value is -0.240. The van der Waals surface area contributed by atoms with Crippen LogP contribution in [0.5, 0.6) is 0 Å². The molecule has 2 rings (SSSR count). The van der Waals surface area contributed by atoms with Crippen LogP contribution < -0.4 is 5.32 Å². The van der Waals surface area contributed by atoms with Gasteiger partial charge in [-0.05, 0) is 45.9 Å². The van der Waals surface area contributed by atoms with Crippen LogP contribution in [0.4, 0.5) is 0 Å². The molecular weight excluding hydrogens is 358 g/mol. The normalized spacial score (nSPS) is 12.7. The molecule has 0 amide bonds. The van der Waals surface area contributed by atoms with Crippen molar-refractivity contribution >= 4 is 38.6 Å². The van der Waals surface area contributed by atoms with E-state index in [1.807, 2.05) is 17.5 Å². The summed E-state index contributed by atoms with van der Waals surface area (Å²) in [7, 11) is 0. The maximum Gasteiger partial charge on any atom is 0.0897 e. The van der Waals surface area contributed by atoms with Crippen molar-refractivity contribution in [1.82, 2.24) is 5.32 Å². The van der Waals surface area contributed by atoms with Crippen LogP contribution in [-0.2, 0) is 17.8 Å². The number of halogens is 1. The van der Waals surface area contributed by atoms with Gasteiger partial charge in [0.05, 0.1) is 23.1 Å². The van der Waals surface area contributed by atoms with Crippen LogP contribution in [0.3, 0.4) is 0 Å². The molecule has 20 heavy (non-hydrogen) atoms. The highest BCUT2D eigenvalue weighted by Crippen LogP contribution is 2.21. The number of thiophene rings is 2. The van der Waals surface area contributed by atoms with E-state index in [0.29, 0.717) is 19.8 Å². The molecule has 0 aliphatic rings. The predicted molar refractivity (Wildman–Crippen MR) is 88.6 cm³/mol. The Bertz CT molecular complexity index is 487. The van der Waals surface area contributed by atoms with Crippen LogP contribution >= 0.6 is 38.6 Å². The van der Waals surface area contributed by atoms with Gasteiger partial charge in [-0.2, -0.15) is 0 Å². The summed E-state index contributed by atoms with van der Waals surface area (Å²) in [5.74, 6) is 0. The number of nitrogens with one attached hydrogen (secondary N) is 1. The van der Waals surface area contributed by atoms with E-state index < -0.39 is 6.10 Å². The molecule has 0 fully saturated rings. The van der Waals surface area contributed by atoms with Crippen molar-refractivity contribution in [3.63, 3.8) is 0 Å². The third-order valence-electron chi connectivity index (χ3n) is 2.69. The van der Waals surface area contributed by atoms with E-state index in [9.17, 15) is 5.11 Å². The lowest BCUT2D eigenvalue weighted by molar-refractivity contribution is 0.0300. The van der Waals surface area contributed by atoms with Gasteiger partial charge in [-0.15, -0.1) is 22.7 Å². The van der Waals surface area contributed by atoms with E-state index in [-0.39, 0.29) is 0 Å². The van der Waals surface area contributed by atoms with E-state index >= 15 is 0 Å². The molecule has 0 aromatic carbocycles. The molecule has 0 saturated heterocycles. The van der Waals surface area contributed by atoms with Gasteiger partial charge in [0.25, 0.3) is 0 Å². The van der Waals surface area contributed by atoms with Gasteiger partial charge in [-0.3, -0.25) is 0 Å². The Morgan fingerprint density at radius 1 is 1.30 bits per heavy atom. The fourth-order valence-electron chi connectivity index (χ4n) is 1.72. The summed E-state index contributed by atoms with van der Waals surface area (Å²) in [6.45, 7) is 2.39. The highest BCUT2D eigenvalue weighted by Gasteiger charge is 2.04. The molecule has 0 aliphatic carbocycles. The quantitative estimate of drug-likeness (QED) is 0.660. The second-order valence-electron chi connectivity index (χ2n) is 4.41. The Morgan fingerprint density at radius 3 is 2.90 bits per heavy atom. The Kier molecular flexibility index (Phi) is 7.19. The van der Waals surface area contributed by atoms with Gasteiger partial charge < -0.3 is 15.2 Å². The molecule has 3 nitrogen and oxygen atoms in total. The summed E-state index contributed by atoms with van der Waals surface area (Å²) in [6.07, 6.45) is 0.531. The van der Waals surface area contributed by atoms with E-state index in [4.69, 9.17) is 4.74 Å². The van der Waals surface area contributed by atoms with Crippen LogP contribution in [0.1, 0.15) is 9.75 Å². The molecule has 1 unspecified atom stereocenters. The first-order chi connectivity index (χ1) is 9.74. The number of aliphatic hydroxyl groups is 1. The van der Waals surface area contributed by atoms with Crippen molar-refractivity contribution in [2.45, 2.75) is 19.1 Å². The van der Waals surface area contributed by atoms with E-state index in [1.54, 1.807) is 22.7 Å². The van der Waals surface area contributed by atoms with Gasteiger partial charge in [0.2, 0.25) is 0 Å². The molecule has 2 N–H and O–H groups in total. The van der Waals surface area contributed by atoms with Gasteiger partial charge in [0.1, 0.15) is 0 Å². The average Bonchev–Trinajstić information content (AvgIpc) is 3.06. The average molecular weight is 376 g/mol. The molecule has 0 aliphatic heterocycles. The van der Waals surface area contributed by atoms with Gasteiger partial charge in [-0.25, -0.2) is 0 Å². The zero-order chi connectivity index (χ0) is 14.2. The third-order valence-corrected chi connectivity index (χ3v) is 5.22. The molecule has 0 spiro atoms. The topological polar surface area (TPSA) is 41.5 Å². The molecule has 2 aromatic heterocycles. The molecule has 2 aromatic rings. The minimum Gasteiger partial charge on any atom is -0.389 e. The first-order valence-corrected chi connectivity index (χ1v) is 8.96. The van der Waals surface area contributed by atoms with Crippen LogP contribution in [0.25, 0.3) is 0 Å². The Labute approximate surface area is 135 Å². The van der Waals surface area contributed by atoms with E-state index in [1.165, 1.54) is 9.75 Å². The fraction of sp³-hybridized carbons (Fsp3) is 0.429. The molecule has 1 atom stereocenters. The second kappa shape index (κ2) is 8.92. The van der Waals surface area contributed by atoms with E-state index in [2.05, 4.69) is 33.4 Å². The number of hydrogen-bond donors (Lipinski definition) is 2. The number of aliphatic hydroxyl groups excluding tert-OH is 1. The summed E-state index contributed by atoms with van der Waals surface area (Å²) < 4.78 is 6.64. The van der Waals surface area contributed by atoms with Crippen molar-refractivity contribution in [1.29, 1.82) is 0 Å². The molecule has 110 valence electrons. The minimum absolute atomic E-state index is 0.370. The van der Waals surface area contributed by atoms with Gasteiger partial charge in [0.15, 0.2) is 0 Å². The van der Waals surface area contributed by atoms with Gasteiger partial charge >= 0.3 is 0 Å². The molecule has 0 bridgehead atoms. The number of ether oxygens (including phenoxy) is 1. The lowest BCUT2D eigenvalue weighted by Crippen LogP contribution is -2.31. The molecule has 2 heterocycles. The predicted octanol–water partition coefficient (Wildman–Crippen LogP) is 3.28. The fourth-order valence-corrected chi connectivity index (χ4v) is 3.84. The lowest BCUT2D eigenvalue weighted by Gasteiger charge is -2.11. The van der Waals surface area contributed by atoms with Crippen LogP contribution in [0.15, 0.2) is 33.4 Å². The van der Waals surface area contributed by atoms with Crippen molar-refractivity contribution < 1.29 is 9.84 Å². The lowest BCUT2D eigenvalue weighted by atomic mass is 10.3. The van der Waals surface area contributed by atoms with Crippen molar-refractivity contribution in [3.05, 3.63) is 43.2 Å². The summed E-state index contributed by atoms with van der Waals surface area (Å²) in [6, 6.07) is 8.23. The van der Waals surface area contributed by atoms with Crippen molar-refractivity contribution in [2.24, 2.45) is 0 Å². The zero-order valence-electron chi connectivity index (χ0n) is 11.0. The maximum absolute atomic E-state index is 9.79. The Balaban J connectivity index is 1.50. The van der Waals surface area contributed by atoms with Crippen molar-refractivity contribution in [2.75, 3.05) is 19.7 Å². The number of rotatable bonds is 9. The first-order valence-electron chi connectivity index (χ1n) is 6.47. The van der Waals surface area contributed by atoms with Gasteiger partial charge in [0, 0.05) is 22.8 Å².